The van der Waals surface area contributed by atoms with Gasteiger partial charge in [0, 0.05) is 11.7 Å². The summed E-state index contributed by atoms with van der Waals surface area (Å²) in [4.78, 5) is 23.2. The first-order chi connectivity index (χ1) is 15.7. The number of carboxylic acid groups (broad SMARTS) is 1. The topological polar surface area (TPSA) is 163 Å². The highest BCUT2D eigenvalue weighted by atomic mass is 32.2. The fraction of sp³-hybridized carbons (Fsp3) is 0.476. The molecule has 3 rings (SSSR count). The Morgan fingerprint density at radius 3 is 2.56 bits per heavy atom. The van der Waals surface area contributed by atoms with Gasteiger partial charge in [0.05, 0.1) is 30.7 Å². The van der Waals surface area contributed by atoms with Gasteiger partial charge in [0.2, 0.25) is 0 Å². The zero-order chi connectivity index (χ0) is 25.4. The summed E-state index contributed by atoms with van der Waals surface area (Å²) in [6.07, 6.45) is -0.788. The molecule has 0 bridgehead atoms. The molecule has 0 radical (unpaired) electrons. The number of carbonyl (C=O) groups is 2. The number of hydrogen-bond acceptors (Lipinski definition) is 7. The summed E-state index contributed by atoms with van der Waals surface area (Å²) in [5.41, 5.74) is -0.848. The van der Waals surface area contributed by atoms with Crippen molar-refractivity contribution in [2.24, 2.45) is 0 Å². The van der Waals surface area contributed by atoms with Crippen LogP contribution in [0.1, 0.15) is 39.4 Å². The van der Waals surface area contributed by atoms with Crippen molar-refractivity contribution >= 4 is 33.4 Å². The Morgan fingerprint density at radius 1 is 1.32 bits per heavy atom. The fourth-order valence-corrected chi connectivity index (χ4v) is 5.22. The molecule has 0 saturated heterocycles. The first-order valence-electron chi connectivity index (χ1n) is 10.6. The summed E-state index contributed by atoms with van der Waals surface area (Å²) < 4.78 is 36.1. The van der Waals surface area contributed by atoms with E-state index in [-0.39, 0.29) is 41.2 Å². The van der Waals surface area contributed by atoms with Crippen LogP contribution in [0.2, 0.25) is 0 Å². The minimum atomic E-state index is -4.13. The molecular formula is C21H29N5O7S. The largest absolute Gasteiger partial charge is 0.484 e. The summed E-state index contributed by atoms with van der Waals surface area (Å²) in [5, 5.41) is 27.9. The highest BCUT2D eigenvalue weighted by Gasteiger charge is 2.37. The number of rotatable bonds is 7. The number of nitrogens with zero attached hydrogens (tertiary/aromatic N) is 3. The number of sulfonamides is 1. The Balaban J connectivity index is 2.02. The SMILES string of the molecule is Cc1c(S(=O)(=O)N2CC(CNC(=O)C(C)(C)O)Oc3ccc(NC(=O)O)cc32)cnn1C(C)C. The molecule has 2 aromatic rings. The maximum atomic E-state index is 13.7. The van der Waals surface area contributed by atoms with Crippen LogP contribution in [-0.4, -0.2) is 65.2 Å². The number of aliphatic hydroxyl groups is 1. The van der Waals surface area contributed by atoms with E-state index in [1.54, 1.807) is 11.6 Å². The van der Waals surface area contributed by atoms with Gasteiger partial charge in [0.25, 0.3) is 15.9 Å². The molecule has 1 aromatic carbocycles. The van der Waals surface area contributed by atoms with Crippen LogP contribution < -0.4 is 19.7 Å². The number of aromatic nitrogens is 2. The second-order valence-corrected chi connectivity index (χ2v) is 10.6. The molecule has 4 N–H and O–H groups in total. The van der Waals surface area contributed by atoms with E-state index in [2.05, 4.69) is 15.7 Å². The molecule has 0 aliphatic carbocycles. The Labute approximate surface area is 197 Å². The summed E-state index contributed by atoms with van der Waals surface area (Å²) in [7, 11) is -4.13. The minimum Gasteiger partial charge on any atom is -0.484 e. The van der Waals surface area contributed by atoms with Gasteiger partial charge in [-0.25, -0.2) is 13.2 Å². The predicted molar refractivity (Wildman–Crippen MR) is 124 cm³/mol. The van der Waals surface area contributed by atoms with Gasteiger partial charge in [-0.05, 0) is 52.8 Å². The molecule has 13 heteroatoms. The second-order valence-electron chi connectivity index (χ2n) is 8.79. The molecule has 34 heavy (non-hydrogen) atoms. The number of carbonyl (C=O) groups excluding carboxylic acids is 1. The number of hydrogen-bond donors (Lipinski definition) is 4. The van der Waals surface area contributed by atoms with E-state index in [4.69, 9.17) is 9.84 Å². The maximum Gasteiger partial charge on any atom is 0.409 e. The van der Waals surface area contributed by atoms with Gasteiger partial charge in [-0.2, -0.15) is 5.10 Å². The number of fused-ring (bicyclic) bond motifs is 1. The van der Waals surface area contributed by atoms with Crippen molar-refractivity contribution in [1.29, 1.82) is 0 Å². The van der Waals surface area contributed by atoms with Crippen molar-refractivity contribution < 1.29 is 33.0 Å². The maximum absolute atomic E-state index is 13.7. The van der Waals surface area contributed by atoms with Crippen molar-refractivity contribution in [3.63, 3.8) is 0 Å². The van der Waals surface area contributed by atoms with E-state index in [0.717, 1.165) is 4.31 Å². The number of amides is 2. The number of ether oxygens (including phenoxy) is 1. The smallest absolute Gasteiger partial charge is 0.409 e. The minimum absolute atomic E-state index is 0.00456. The Kier molecular flexibility index (Phi) is 6.80. The van der Waals surface area contributed by atoms with E-state index < -0.39 is 33.7 Å². The molecule has 0 spiro atoms. The van der Waals surface area contributed by atoms with Crippen LogP contribution in [0.25, 0.3) is 0 Å². The average molecular weight is 496 g/mol. The Bertz CT molecular complexity index is 1200. The van der Waals surface area contributed by atoms with Crippen LogP contribution in [0.4, 0.5) is 16.2 Å². The van der Waals surface area contributed by atoms with Gasteiger partial charge in [-0.3, -0.25) is 19.1 Å². The third kappa shape index (κ3) is 5.09. The quantitative estimate of drug-likeness (QED) is 0.451. The van der Waals surface area contributed by atoms with Crippen LogP contribution in [-0.2, 0) is 14.8 Å². The molecule has 1 aliphatic rings. The van der Waals surface area contributed by atoms with Gasteiger partial charge < -0.3 is 20.3 Å². The average Bonchev–Trinajstić information content (AvgIpc) is 3.12. The second kappa shape index (κ2) is 9.14. The van der Waals surface area contributed by atoms with E-state index in [9.17, 15) is 23.1 Å². The van der Waals surface area contributed by atoms with Gasteiger partial charge in [-0.15, -0.1) is 0 Å². The highest BCUT2D eigenvalue weighted by Crippen LogP contribution is 2.39. The van der Waals surface area contributed by atoms with Crippen molar-refractivity contribution in [2.75, 3.05) is 22.7 Å². The fourth-order valence-electron chi connectivity index (χ4n) is 3.57. The lowest BCUT2D eigenvalue weighted by molar-refractivity contribution is -0.136. The van der Waals surface area contributed by atoms with Gasteiger partial charge >= 0.3 is 6.09 Å². The van der Waals surface area contributed by atoms with Crippen molar-refractivity contribution in [2.45, 2.75) is 57.3 Å². The van der Waals surface area contributed by atoms with E-state index in [0.29, 0.717) is 5.69 Å². The molecule has 1 atom stereocenters. The first-order valence-corrected chi connectivity index (χ1v) is 12.0. The van der Waals surface area contributed by atoms with Crippen molar-refractivity contribution in [3.8, 4) is 5.75 Å². The van der Waals surface area contributed by atoms with Crippen LogP contribution in [0.3, 0.4) is 0 Å². The van der Waals surface area contributed by atoms with Gasteiger partial charge in [0.15, 0.2) is 0 Å². The molecule has 2 amide bonds. The lowest BCUT2D eigenvalue weighted by atomic mass is 10.1. The van der Waals surface area contributed by atoms with Gasteiger partial charge in [0.1, 0.15) is 22.4 Å². The molecular weight excluding hydrogens is 466 g/mol. The Morgan fingerprint density at radius 2 is 2.00 bits per heavy atom. The standard InChI is InChI=1S/C21H29N5O7S/c1-12(2)26-13(3)18(10-23-26)34(31,32)25-11-15(9-22-19(27)21(4,5)30)33-17-7-6-14(8-16(17)25)24-20(28)29/h6-8,10,12,15,24,30H,9,11H2,1-5H3,(H,22,27)(H,28,29). The zero-order valence-electron chi connectivity index (χ0n) is 19.6. The predicted octanol–water partition coefficient (Wildman–Crippen LogP) is 1.71. The molecule has 1 aliphatic heterocycles. The van der Waals surface area contributed by atoms with Crippen LogP contribution >= 0.6 is 0 Å². The summed E-state index contributed by atoms with van der Waals surface area (Å²) in [6, 6.07) is 4.21. The van der Waals surface area contributed by atoms with Crippen LogP contribution in [0, 0.1) is 6.92 Å². The van der Waals surface area contributed by atoms with Gasteiger partial charge in [-0.1, -0.05) is 0 Å². The normalized spacial score (nSPS) is 16.1. The number of benzene rings is 1. The summed E-state index contributed by atoms with van der Waals surface area (Å²) in [5.74, 6) is -0.437. The number of anilines is 2. The van der Waals surface area contributed by atoms with E-state index in [1.807, 2.05) is 13.8 Å². The molecule has 1 unspecified atom stereocenters. The van der Waals surface area contributed by atoms with Crippen molar-refractivity contribution in [3.05, 3.63) is 30.1 Å². The summed E-state index contributed by atoms with van der Waals surface area (Å²) >= 11 is 0. The lowest BCUT2D eigenvalue weighted by Crippen LogP contribution is -2.51. The molecule has 0 fully saturated rings. The number of nitrogens with one attached hydrogen (secondary N) is 2. The van der Waals surface area contributed by atoms with Crippen molar-refractivity contribution in [1.82, 2.24) is 15.1 Å². The lowest BCUT2D eigenvalue weighted by Gasteiger charge is -2.36. The zero-order valence-corrected chi connectivity index (χ0v) is 20.4. The van der Waals surface area contributed by atoms with Crippen LogP contribution in [0.5, 0.6) is 5.75 Å². The molecule has 0 saturated carbocycles. The first kappa shape index (κ1) is 25.3. The third-order valence-corrected chi connectivity index (χ3v) is 7.13. The molecule has 12 nitrogen and oxygen atoms in total. The third-order valence-electron chi connectivity index (χ3n) is 5.24. The Hall–Kier alpha value is -3.32. The summed E-state index contributed by atoms with van der Waals surface area (Å²) in [6.45, 7) is 7.87. The highest BCUT2D eigenvalue weighted by molar-refractivity contribution is 7.92. The monoisotopic (exact) mass is 495 g/mol. The molecule has 186 valence electrons. The van der Waals surface area contributed by atoms with E-state index in [1.165, 1.54) is 38.2 Å². The molecule has 1 aromatic heterocycles. The molecule has 2 heterocycles. The van der Waals surface area contributed by atoms with Crippen LogP contribution in [0.15, 0.2) is 29.3 Å². The van der Waals surface area contributed by atoms with E-state index >= 15 is 0 Å².